The molecule has 0 spiro atoms. The number of rotatable bonds is 19. The maximum Gasteiger partial charge on any atom is 0.0770 e. The molecule has 0 heterocycles. The Morgan fingerprint density at radius 3 is 1.28 bits per heavy atom. The fraction of sp³-hybridized carbons (Fsp3) is 1.00. The van der Waals surface area contributed by atoms with Gasteiger partial charge in [-0.1, -0.05) is 65.2 Å². The van der Waals surface area contributed by atoms with Gasteiger partial charge in [-0.25, -0.2) is 0 Å². The SMILES string of the molecule is CCCCCCCCCCCC[NH+](CCC)CCCCCC[NH3+].[Br-].[Br-]. The molecule has 0 bridgehead atoms. The van der Waals surface area contributed by atoms with Gasteiger partial charge < -0.3 is 44.6 Å². The smallest absolute Gasteiger partial charge is 0.0770 e. The van der Waals surface area contributed by atoms with Gasteiger partial charge in [0.25, 0.3) is 0 Å². The second-order valence-corrected chi connectivity index (χ2v) is 7.45. The van der Waals surface area contributed by atoms with Crippen LogP contribution in [-0.4, -0.2) is 26.2 Å². The average Bonchev–Trinajstić information content (AvgIpc) is 2.56. The summed E-state index contributed by atoms with van der Waals surface area (Å²) in [5.74, 6) is 0. The molecule has 0 saturated heterocycles. The third-order valence-electron chi connectivity index (χ3n) is 5.02. The summed E-state index contributed by atoms with van der Waals surface area (Å²) >= 11 is 0. The van der Waals surface area contributed by atoms with Crippen LogP contribution in [-0.2, 0) is 0 Å². The molecule has 0 fully saturated rings. The van der Waals surface area contributed by atoms with Crippen molar-refractivity contribution in [3.8, 4) is 0 Å². The topological polar surface area (TPSA) is 32.1 Å². The van der Waals surface area contributed by atoms with E-state index in [1.54, 1.807) is 0 Å². The molecular formula is C21H48Br2N2. The van der Waals surface area contributed by atoms with E-state index in [0.29, 0.717) is 0 Å². The Hall–Kier alpha value is 0.880. The van der Waals surface area contributed by atoms with Crippen LogP contribution in [0.4, 0.5) is 0 Å². The number of hydrogen-bond acceptors (Lipinski definition) is 0. The molecule has 0 aromatic heterocycles. The molecular weight excluding hydrogens is 440 g/mol. The molecule has 156 valence electrons. The molecule has 0 radical (unpaired) electrons. The number of nitrogens with one attached hydrogen (secondary N) is 1. The van der Waals surface area contributed by atoms with E-state index >= 15 is 0 Å². The third kappa shape index (κ3) is 24.9. The van der Waals surface area contributed by atoms with Gasteiger partial charge in [0, 0.05) is 0 Å². The standard InChI is InChI=1S/C21H46N2.2BrH/c1-3-5-6-7-8-9-10-11-13-16-20-23(19-4-2)21-17-14-12-15-18-22;;/h3-22H2,1-2H3;2*1H. The van der Waals surface area contributed by atoms with Crippen LogP contribution in [0, 0.1) is 0 Å². The molecule has 0 aliphatic rings. The van der Waals surface area contributed by atoms with Gasteiger partial charge in [0.15, 0.2) is 0 Å². The molecule has 0 aromatic carbocycles. The second-order valence-electron chi connectivity index (χ2n) is 7.45. The lowest BCUT2D eigenvalue weighted by Gasteiger charge is -2.18. The predicted molar refractivity (Wildman–Crippen MR) is 104 cm³/mol. The molecule has 1 unspecified atom stereocenters. The Kier molecular flexibility index (Phi) is 33.2. The maximum absolute atomic E-state index is 3.93. The Labute approximate surface area is 180 Å². The van der Waals surface area contributed by atoms with Gasteiger partial charge >= 0.3 is 0 Å². The van der Waals surface area contributed by atoms with Crippen molar-refractivity contribution in [3.63, 3.8) is 0 Å². The number of unbranched alkanes of at least 4 members (excludes halogenated alkanes) is 12. The molecule has 0 amide bonds. The molecule has 2 nitrogen and oxygen atoms in total. The minimum Gasteiger partial charge on any atom is -1.00 e. The average molecular weight is 488 g/mol. The van der Waals surface area contributed by atoms with Crippen LogP contribution in [0.15, 0.2) is 0 Å². The van der Waals surface area contributed by atoms with Gasteiger partial charge in [0.1, 0.15) is 0 Å². The summed E-state index contributed by atoms with van der Waals surface area (Å²) in [5, 5.41) is 0. The molecule has 0 saturated carbocycles. The van der Waals surface area contributed by atoms with Crippen molar-refractivity contribution in [2.45, 2.75) is 110 Å². The Morgan fingerprint density at radius 2 is 0.880 bits per heavy atom. The van der Waals surface area contributed by atoms with Gasteiger partial charge in [0.2, 0.25) is 0 Å². The molecule has 25 heavy (non-hydrogen) atoms. The normalized spacial score (nSPS) is 11.6. The lowest BCUT2D eigenvalue weighted by atomic mass is 10.1. The van der Waals surface area contributed by atoms with Gasteiger partial charge in [0.05, 0.1) is 26.2 Å². The van der Waals surface area contributed by atoms with Gasteiger partial charge in [-0.05, 0) is 44.9 Å². The highest BCUT2D eigenvalue weighted by atomic mass is 79.9. The van der Waals surface area contributed by atoms with E-state index in [2.05, 4.69) is 19.6 Å². The summed E-state index contributed by atoms with van der Waals surface area (Å²) in [6, 6.07) is 0. The van der Waals surface area contributed by atoms with E-state index in [-0.39, 0.29) is 34.0 Å². The fourth-order valence-electron chi connectivity index (χ4n) is 3.50. The summed E-state index contributed by atoms with van der Waals surface area (Å²) in [4.78, 5) is 1.86. The summed E-state index contributed by atoms with van der Waals surface area (Å²) in [5.41, 5.74) is 3.93. The Morgan fingerprint density at radius 1 is 0.480 bits per heavy atom. The summed E-state index contributed by atoms with van der Waals surface area (Å²) in [6.07, 6.45) is 21.4. The lowest BCUT2D eigenvalue weighted by Crippen LogP contribution is -3.12. The first-order valence-corrected chi connectivity index (χ1v) is 11.0. The zero-order valence-electron chi connectivity index (χ0n) is 17.4. The molecule has 4 heteroatoms. The zero-order chi connectivity index (χ0) is 17.0. The highest BCUT2D eigenvalue weighted by molar-refractivity contribution is 4.47. The van der Waals surface area contributed by atoms with Crippen molar-refractivity contribution in [1.29, 1.82) is 0 Å². The van der Waals surface area contributed by atoms with E-state index in [4.69, 9.17) is 0 Å². The van der Waals surface area contributed by atoms with Crippen molar-refractivity contribution in [1.82, 2.24) is 0 Å². The van der Waals surface area contributed by atoms with Gasteiger partial charge in [-0.2, -0.15) is 0 Å². The van der Waals surface area contributed by atoms with E-state index in [9.17, 15) is 0 Å². The van der Waals surface area contributed by atoms with Crippen molar-refractivity contribution in [2.24, 2.45) is 0 Å². The first-order chi connectivity index (χ1) is 11.3. The summed E-state index contributed by atoms with van der Waals surface area (Å²) in [7, 11) is 0. The Balaban J connectivity index is -0.00000242. The van der Waals surface area contributed by atoms with Crippen LogP contribution in [0.25, 0.3) is 0 Å². The van der Waals surface area contributed by atoms with Crippen molar-refractivity contribution < 1.29 is 44.6 Å². The highest BCUT2D eigenvalue weighted by Crippen LogP contribution is 2.10. The fourth-order valence-corrected chi connectivity index (χ4v) is 3.50. The van der Waals surface area contributed by atoms with E-state index in [1.807, 2.05) is 4.90 Å². The highest BCUT2D eigenvalue weighted by Gasteiger charge is 2.06. The molecule has 1 atom stereocenters. The molecule has 4 N–H and O–H groups in total. The number of quaternary nitrogens is 2. The number of halogens is 2. The maximum atomic E-state index is 3.93. The van der Waals surface area contributed by atoms with Crippen LogP contribution in [0.2, 0.25) is 0 Å². The first kappa shape index (κ1) is 30.6. The summed E-state index contributed by atoms with van der Waals surface area (Å²) < 4.78 is 0. The monoisotopic (exact) mass is 486 g/mol. The quantitative estimate of drug-likeness (QED) is 0.198. The molecule has 0 aliphatic heterocycles. The van der Waals surface area contributed by atoms with Crippen molar-refractivity contribution >= 4 is 0 Å². The van der Waals surface area contributed by atoms with Crippen LogP contribution >= 0.6 is 0 Å². The largest absolute Gasteiger partial charge is 1.00 e. The minimum absolute atomic E-state index is 0. The van der Waals surface area contributed by atoms with Gasteiger partial charge in [-0.3, -0.25) is 0 Å². The minimum atomic E-state index is 0. The van der Waals surface area contributed by atoms with Crippen LogP contribution in [0.3, 0.4) is 0 Å². The molecule has 0 aliphatic carbocycles. The second kappa shape index (κ2) is 27.1. The summed E-state index contributed by atoms with van der Waals surface area (Å²) in [6.45, 7) is 9.95. The molecule has 0 aromatic rings. The van der Waals surface area contributed by atoms with Crippen LogP contribution in [0.5, 0.6) is 0 Å². The zero-order valence-corrected chi connectivity index (χ0v) is 20.6. The van der Waals surface area contributed by atoms with Crippen LogP contribution in [0.1, 0.15) is 110 Å². The lowest BCUT2D eigenvalue weighted by molar-refractivity contribution is -0.900. The third-order valence-corrected chi connectivity index (χ3v) is 5.02. The van der Waals surface area contributed by atoms with E-state index in [0.717, 1.165) is 6.54 Å². The van der Waals surface area contributed by atoms with E-state index in [1.165, 1.54) is 116 Å². The van der Waals surface area contributed by atoms with Crippen molar-refractivity contribution in [3.05, 3.63) is 0 Å². The molecule has 0 rings (SSSR count). The Bertz CT molecular complexity index is 216. The van der Waals surface area contributed by atoms with E-state index < -0.39 is 0 Å². The van der Waals surface area contributed by atoms with Crippen LogP contribution < -0.4 is 44.6 Å². The predicted octanol–water partition coefficient (Wildman–Crippen LogP) is -1.99. The first-order valence-electron chi connectivity index (χ1n) is 11.0. The number of hydrogen-bond donors (Lipinski definition) is 2. The van der Waals surface area contributed by atoms with Gasteiger partial charge in [-0.15, -0.1) is 0 Å². The van der Waals surface area contributed by atoms with Crippen molar-refractivity contribution in [2.75, 3.05) is 26.2 Å².